The zero-order valence-corrected chi connectivity index (χ0v) is 50.8. The van der Waals surface area contributed by atoms with E-state index >= 15 is 0 Å². The molecular formula is C77H77BN2. The van der Waals surface area contributed by atoms with E-state index < -0.39 is 5.41 Å². The maximum Gasteiger partial charge on any atom is 0.252 e. The van der Waals surface area contributed by atoms with Crippen LogP contribution >= 0.6 is 0 Å². The van der Waals surface area contributed by atoms with Crippen LogP contribution in [0.2, 0.25) is 0 Å². The fraction of sp³-hybridized carbons (Fsp3) is 0.325. The summed E-state index contributed by atoms with van der Waals surface area (Å²) >= 11 is 0. The number of aromatic nitrogens is 2. The van der Waals surface area contributed by atoms with Crippen LogP contribution in [-0.4, -0.2) is 15.8 Å². The van der Waals surface area contributed by atoms with E-state index in [1.165, 1.54) is 160 Å². The first kappa shape index (κ1) is 49.9. The summed E-state index contributed by atoms with van der Waals surface area (Å²) in [7, 11) is 0. The average molecular weight is 1040 g/mol. The highest BCUT2D eigenvalue weighted by Gasteiger charge is 2.55. The van der Waals surface area contributed by atoms with E-state index in [4.69, 9.17) is 0 Å². The van der Waals surface area contributed by atoms with Crippen molar-refractivity contribution in [2.45, 2.75) is 163 Å². The smallest absolute Gasteiger partial charge is 0.252 e. The van der Waals surface area contributed by atoms with E-state index in [1.807, 2.05) is 0 Å². The zero-order chi connectivity index (χ0) is 56.2. The molecule has 3 heteroatoms. The Morgan fingerprint density at radius 1 is 0.312 bits per heavy atom. The number of benzene rings is 9. The van der Waals surface area contributed by atoms with Crippen LogP contribution in [0.3, 0.4) is 0 Å². The summed E-state index contributed by atoms with van der Waals surface area (Å²) in [6.45, 7) is 43.1. The Kier molecular flexibility index (Phi) is 9.52. The van der Waals surface area contributed by atoms with Crippen LogP contribution < -0.4 is 16.4 Å². The number of hydrogen-bond donors (Lipinski definition) is 0. The average Bonchev–Trinajstić information content (AvgIpc) is 4.12. The highest BCUT2D eigenvalue weighted by atomic mass is 15.1. The van der Waals surface area contributed by atoms with Crippen molar-refractivity contribution in [1.82, 2.24) is 9.13 Å². The van der Waals surface area contributed by atoms with Gasteiger partial charge in [-0.3, -0.25) is 0 Å². The summed E-state index contributed by atoms with van der Waals surface area (Å²) in [5.41, 5.74) is 30.2. The minimum absolute atomic E-state index is 0.0321. The number of hydrogen-bond acceptors (Lipinski definition) is 0. The number of nitrogens with zero attached hydrogens (tertiary/aromatic N) is 2. The topological polar surface area (TPSA) is 9.86 Å². The summed E-state index contributed by atoms with van der Waals surface area (Å²) in [5.74, 6) is 0. The SMILES string of the molecule is CC(C)(C)c1ccc2c(C(C)(C)C)ccc(-c3cc4c5c6c3-n3c7ccc(C(C)(C)C)cc7c7cc(C(C)(C)C)cc(c73)B6c3cc(C(C)(C)C)cc6c7cc(C(C)(C)C)cc(c7n-5c36)C43c4ccccc4-c4ccccc43)c2c1. The molecule has 11 aromatic rings. The molecule has 3 aliphatic heterocycles. The molecule has 0 unspecified atom stereocenters. The van der Waals surface area contributed by atoms with Crippen molar-refractivity contribution in [3.8, 4) is 33.6 Å². The van der Waals surface area contributed by atoms with Crippen LogP contribution in [0.5, 0.6) is 0 Å². The Hall–Kier alpha value is -7.10. The van der Waals surface area contributed by atoms with Gasteiger partial charge in [0, 0.05) is 43.8 Å². The number of rotatable bonds is 1. The molecule has 80 heavy (non-hydrogen) atoms. The lowest BCUT2D eigenvalue weighted by molar-refractivity contribution is 0.588. The van der Waals surface area contributed by atoms with Gasteiger partial charge in [-0.2, -0.15) is 0 Å². The Morgan fingerprint density at radius 2 is 0.787 bits per heavy atom. The van der Waals surface area contributed by atoms with Crippen LogP contribution in [-0.2, 0) is 37.9 Å². The van der Waals surface area contributed by atoms with Crippen molar-refractivity contribution in [1.29, 1.82) is 0 Å². The second kappa shape index (κ2) is 15.3. The molecule has 15 rings (SSSR count). The van der Waals surface area contributed by atoms with Crippen molar-refractivity contribution in [3.05, 3.63) is 195 Å². The highest BCUT2D eigenvalue weighted by molar-refractivity contribution is 7.00. The summed E-state index contributed by atoms with van der Waals surface area (Å²) in [4.78, 5) is 0. The first-order valence-corrected chi connectivity index (χ1v) is 29.8. The first-order chi connectivity index (χ1) is 37.5. The molecule has 0 atom stereocenters. The van der Waals surface area contributed by atoms with Gasteiger partial charge in [-0.05, 0) is 174 Å². The predicted molar refractivity (Wildman–Crippen MR) is 346 cm³/mol. The third kappa shape index (κ3) is 6.33. The summed E-state index contributed by atoms with van der Waals surface area (Å²) in [5, 5.41) is 8.09. The lowest BCUT2D eigenvalue weighted by atomic mass is 9.33. The van der Waals surface area contributed by atoms with Crippen LogP contribution in [0.4, 0.5) is 0 Å². The van der Waals surface area contributed by atoms with Crippen molar-refractivity contribution >= 4 is 77.5 Å². The van der Waals surface area contributed by atoms with Crippen molar-refractivity contribution in [2.24, 2.45) is 0 Å². The van der Waals surface area contributed by atoms with E-state index in [9.17, 15) is 0 Å². The Bertz CT molecular complexity index is 4590. The molecule has 398 valence electrons. The van der Waals surface area contributed by atoms with E-state index in [0.717, 1.165) is 0 Å². The second-order valence-corrected chi connectivity index (χ2v) is 31.0. The van der Waals surface area contributed by atoms with Crippen LogP contribution in [0.25, 0.3) is 88.0 Å². The minimum atomic E-state index is -0.647. The highest BCUT2D eigenvalue weighted by Crippen LogP contribution is 2.63. The van der Waals surface area contributed by atoms with Crippen molar-refractivity contribution < 1.29 is 0 Å². The molecule has 0 saturated heterocycles. The van der Waals surface area contributed by atoms with Gasteiger partial charge in [0.25, 0.3) is 6.71 Å². The molecule has 1 aliphatic carbocycles. The molecule has 0 fully saturated rings. The van der Waals surface area contributed by atoms with Gasteiger partial charge in [0.15, 0.2) is 0 Å². The molecule has 0 saturated carbocycles. The third-order valence-electron chi connectivity index (χ3n) is 19.7. The zero-order valence-electron chi connectivity index (χ0n) is 50.8. The normalized spacial score (nSPS) is 15.2. The second-order valence-electron chi connectivity index (χ2n) is 31.0. The Labute approximate surface area is 475 Å². The van der Waals surface area contributed by atoms with Gasteiger partial charge >= 0.3 is 0 Å². The molecule has 2 aromatic heterocycles. The van der Waals surface area contributed by atoms with Crippen LogP contribution in [0, 0.1) is 0 Å². The summed E-state index contributed by atoms with van der Waals surface area (Å²) in [6.07, 6.45) is 0. The molecule has 9 aromatic carbocycles. The van der Waals surface area contributed by atoms with Gasteiger partial charge in [-0.1, -0.05) is 222 Å². The van der Waals surface area contributed by atoms with Crippen LogP contribution in [0.15, 0.2) is 140 Å². The quantitative estimate of drug-likeness (QED) is 0.145. The summed E-state index contributed by atoms with van der Waals surface area (Å²) in [6, 6.07) is 57.4. The molecule has 0 bridgehead atoms. The fourth-order valence-electron chi connectivity index (χ4n) is 15.5. The molecule has 0 radical (unpaired) electrons. The van der Waals surface area contributed by atoms with Gasteiger partial charge in [-0.25, -0.2) is 0 Å². The van der Waals surface area contributed by atoms with Crippen molar-refractivity contribution in [2.75, 3.05) is 0 Å². The van der Waals surface area contributed by atoms with E-state index in [-0.39, 0.29) is 39.2 Å². The van der Waals surface area contributed by atoms with Crippen molar-refractivity contribution in [3.63, 3.8) is 0 Å². The molecule has 0 amide bonds. The van der Waals surface area contributed by atoms with E-state index in [0.29, 0.717) is 0 Å². The predicted octanol–water partition coefficient (Wildman–Crippen LogP) is 18.3. The molecule has 1 spiro atoms. The lowest BCUT2D eigenvalue weighted by Crippen LogP contribution is -2.61. The largest absolute Gasteiger partial charge is 0.310 e. The molecule has 5 heterocycles. The standard InChI is InChI=1S/C77H77BN2/c1-71(2,3)42-27-29-50-51(33-42)47(30-31-57(50)76(16,17)18)56-41-61-70-65-69(56)79-64-32-28-43(72(4,5)6)34-52(64)53-36-45(74(10,11)12)39-62(67(53)79)78(65)63-40-46(75(13,14)15)37-55-54-35-44(73(7,8)9)38-60(66(54)80(70)68(55)63)77(61)58-25-21-19-23-48(58)49-24-20-22-26-59(49)77/h19-41H,1-18H3. The van der Waals surface area contributed by atoms with Crippen LogP contribution in [0.1, 0.15) is 180 Å². The molecule has 4 aliphatic rings. The van der Waals surface area contributed by atoms with E-state index in [1.54, 1.807) is 0 Å². The van der Waals surface area contributed by atoms with Gasteiger partial charge in [0.1, 0.15) is 0 Å². The van der Waals surface area contributed by atoms with Gasteiger partial charge < -0.3 is 9.13 Å². The molecular weight excluding hydrogens is 964 g/mol. The Balaban J connectivity index is 1.27. The maximum absolute atomic E-state index is 2.83. The third-order valence-corrected chi connectivity index (χ3v) is 19.7. The summed E-state index contributed by atoms with van der Waals surface area (Å²) < 4.78 is 5.62. The Morgan fingerprint density at radius 3 is 1.34 bits per heavy atom. The molecule has 2 nitrogen and oxygen atoms in total. The number of fused-ring (bicyclic) bond motifs is 15. The first-order valence-electron chi connectivity index (χ1n) is 29.8. The van der Waals surface area contributed by atoms with Gasteiger partial charge in [0.2, 0.25) is 0 Å². The minimum Gasteiger partial charge on any atom is -0.310 e. The molecule has 0 N–H and O–H groups in total. The van der Waals surface area contributed by atoms with E-state index in [2.05, 4.69) is 273 Å². The monoisotopic (exact) mass is 1040 g/mol. The van der Waals surface area contributed by atoms with Gasteiger partial charge in [-0.15, -0.1) is 0 Å². The maximum atomic E-state index is 2.83. The van der Waals surface area contributed by atoms with Gasteiger partial charge in [0.05, 0.1) is 22.1 Å². The fourth-order valence-corrected chi connectivity index (χ4v) is 15.5. The lowest BCUT2D eigenvalue weighted by Gasteiger charge is -2.45.